The van der Waals surface area contributed by atoms with E-state index in [9.17, 15) is 14.4 Å². The maximum Gasteiger partial charge on any atom is 0.358 e. The largest absolute Gasteiger partial charge is 0.476 e. The zero-order valence-electron chi connectivity index (χ0n) is 16.5. The van der Waals surface area contributed by atoms with Gasteiger partial charge >= 0.3 is 17.1 Å². The van der Waals surface area contributed by atoms with Crippen molar-refractivity contribution in [2.75, 3.05) is 0 Å². The molecule has 0 unspecified atom stereocenters. The number of aryl methyl sites for hydroxylation is 1. The Morgan fingerprint density at radius 3 is 2.68 bits per heavy atom. The molecule has 1 saturated carbocycles. The molecular weight excluding hydrogens is 404 g/mol. The number of hydrogen-bond donors (Lipinski definition) is 1. The number of fused-ring (bicyclic) bond motifs is 1. The van der Waals surface area contributed by atoms with E-state index in [-0.39, 0.29) is 12.2 Å². The zero-order chi connectivity index (χ0) is 21.7. The van der Waals surface area contributed by atoms with E-state index in [4.69, 9.17) is 5.11 Å². The van der Waals surface area contributed by atoms with Crippen LogP contribution in [0, 0.1) is 0 Å². The molecule has 12 nitrogen and oxygen atoms in total. The molecule has 0 bridgehead atoms. The maximum atomic E-state index is 12.7. The van der Waals surface area contributed by atoms with Gasteiger partial charge in [0.05, 0.1) is 24.1 Å². The minimum absolute atomic E-state index is 0.158. The molecule has 4 aromatic rings. The third-order valence-electron chi connectivity index (χ3n) is 5.24. The van der Waals surface area contributed by atoms with Gasteiger partial charge in [-0.15, -0.1) is 5.10 Å². The fraction of sp³-hybridized carbons (Fsp3) is 0.316. The lowest BCUT2D eigenvalue weighted by atomic mass is 10.2. The topological polar surface area (TPSA) is 142 Å². The van der Waals surface area contributed by atoms with Crippen LogP contribution < -0.4 is 11.1 Å². The normalized spacial score (nSPS) is 13.7. The van der Waals surface area contributed by atoms with Gasteiger partial charge in [-0.2, -0.15) is 5.10 Å². The lowest BCUT2D eigenvalue weighted by Crippen LogP contribution is -2.41. The maximum absolute atomic E-state index is 12.7. The number of carboxylic acids is 1. The highest BCUT2D eigenvalue weighted by Gasteiger charge is 2.26. The molecule has 0 spiro atoms. The molecule has 1 N–H and O–H groups in total. The van der Waals surface area contributed by atoms with Gasteiger partial charge in [0.15, 0.2) is 11.3 Å². The van der Waals surface area contributed by atoms with E-state index in [2.05, 4.69) is 20.4 Å². The van der Waals surface area contributed by atoms with Crippen LogP contribution in [0.1, 0.15) is 47.4 Å². The minimum Gasteiger partial charge on any atom is -0.476 e. The van der Waals surface area contributed by atoms with Crippen LogP contribution in [0.2, 0.25) is 0 Å². The average molecular weight is 422 g/mol. The molecule has 1 aliphatic carbocycles. The fourth-order valence-electron chi connectivity index (χ4n) is 3.51. The number of carboxylic acid groups (broad SMARTS) is 1. The summed E-state index contributed by atoms with van der Waals surface area (Å²) in [6.07, 6.45) is 8.54. The third-order valence-corrected chi connectivity index (χ3v) is 5.24. The number of carbonyl (C=O) groups is 1. The Hall–Kier alpha value is -4.09. The highest BCUT2D eigenvalue weighted by Crippen LogP contribution is 2.40. The molecule has 4 aromatic heterocycles. The number of aromatic nitrogens is 8. The Balaban J connectivity index is 1.63. The first-order valence-corrected chi connectivity index (χ1v) is 9.78. The Morgan fingerprint density at radius 2 is 2.00 bits per heavy atom. The second-order valence-electron chi connectivity index (χ2n) is 7.43. The van der Waals surface area contributed by atoms with Gasteiger partial charge in [0.2, 0.25) is 0 Å². The highest BCUT2D eigenvalue weighted by atomic mass is 16.4. The van der Waals surface area contributed by atoms with Gasteiger partial charge in [0.25, 0.3) is 0 Å². The summed E-state index contributed by atoms with van der Waals surface area (Å²) in [5.74, 6) is -0.756. The van der Waals surface area contributed by atoms with Crippen molar-refractivity contribution < 1.29 is 9.90 Å². The molecule has 158 valence electrons. The Bertz CT molecular complexity index is 1440. The summed E-state index contributed by atoms with van der Waals surface area (Å²) >= 11 is 0. The molecule has 0 amide bonds. The number of aromatic carboxylic acids is 1. The van der Waals surface area contributed by atoms with Gasteiger partial charge in [0.1, 0.15) is 6.33 Å². The van der Waals surface area contributed by atoms with E-state index in [0.29, 0.717) is 29.5 Å². The minimum atomic E-state index is -1.16. The van der Waals surface area contributed by atoms with Gasteiger partial charge in [-0.3, -0.25) is 14.2 Å². The first kappa shape index (κ1) is 18.9. The van der Waals surface area contributed by atoms with Crippen LogP contribution in [0.5, 0.6) is 0 Å². The Kier molecular flexibility index (Phi) is 4.27. The van der Waals surface area contributed by atoms with Gasteiger partial charge in [-0.25, -0.2) is 19.1 Å². The molecular formula is C19H18N8O4. The molecule has 0 saturated heterocycles. The van der Waals surface area contributed by atoms with Gasteiger partial charge in [-0.1, -0.05) is 5.21 Å². The molecule has 1 fully saturated rings. The van der Waals surface area contributed by atoms with Crippen molar-refractivity contribution in [1.29, 1.82) is 0 Å². The predicted molar refractivity (Wildman–Crippen MR) is 107 cm³/mol. The first-order valence-electron chi connectivity index (χ1n) is 9.78. The monoisotopic (exact) mass is 422 g/mol. The molecule has 31 heavy (non-hydrogen) atoms. The highest BCUT2D eigenvalue weighted by molar-refractivity contribution is 5.84. The smallest absolute Gasteiger partial charge is 0.358 e. The molecule has 0 atom stereocenters. The van der Waals surface area contributed by atoms with Crippen LogP contribution in [-0.2, 0) is 13.1 Å². The summed E-state index contributed by atoms with van der Waals surface area (Å²) in [6.45, 7) is 2.24. The standard InChI is InChI=1S/C19H18N8O4/c1-2-27-18(29)17(28)26(10-20-27)15-5-12(11-3-4-11)6-24-7-13(21-16(15)24)8-25-9-14(19(30)31)22-23-25/h5-7,9-11H,2-4,8H2,1H3,(H,30,31). The van der Waals surface area contributed by atoms with E-state index in [0.717, 1.165) is 23.1 Å². The van der Waals surface area contributed by atoms with Gasteiger partial charge in [0, 0.05) is 18.9 Å². The van der Waals surface area contributed by atoms with E-state index in [1.165, 1.54) is 21.8 Å². The molecule has 0 aromatic carbocycles. The van der Waals surface area contributed by atoms with Crippen molar-refractivity contribution in [3.05, 3.63) is 68.6 Å². The summed E-state index contributed by atoms with van der Waals surface area (Å²) in [4.78, 5) is 40.7. The fourth-order valence-corrected chi connectivity index (χ4v) is 3.51. The van der Waals surface area contributed by atoms with Crippen molar-refractivity contribution in [1.82, 2.24) is 38.7 Å². The average Bonchev–Trinajstić information content (AvgIpc) is 3.36. The van der Waals surface area contributed by atoms with Crippen molar-refractivity contribution in [3.63, 3.8) is 0 Å². The van der Waals surface area contributed by atoms with E-state index < -0.39 is 17.1 Å². The Labute approximate surface area is 174 Å². The summed E-state index contributed by atoms with van der Waals surface area (Å²) in [7, 11) is 0. The predicted octanol–water partition coefficient (Wildman–Crippen LogP) is 0.277. The van der Waals surface area contributed by atoms with Crippen molar-refractivity contribution in [2.45, 2.75) is 38.8 Å². The van der Waals surface area contributed by atoms with Crippen LogP contribution in [-0.4, -0.2) is 49.8 Å². The molecule has 0 radical (unpaired) electrons. The number of hydrogen-bond acceptors (Lipinski definition) is 7. The number of nitrogens with zero attached hydrogens (tertiary/aromatic N) is 8. The van der Waals surface area contributed by atoms with Crippen LogP contribution in [0.25, 0.3) is 11.3 Å². The number of imidazole rings is 1. The zero-order valence-corrected chi connectivity index (χ0v) is 16.5. The van der Waals surface area contributed by atoms with Crippen molar-refractivity contribution in [3.8, 4) is 5.69 Å². The Morgan fingerprint density at radius 1 is 1.19 bits per heavy atom. The first-order chi connectivity index (χ1) is 14.9. The lowest BCUT2D eigenvalue weighted by molar-refractivity contribution is 0.0690. The SMILES string of the molecule is CCn1ncn(-c2cc(C3CC3)cn3cc(Cn4cc(C(=O)O)nn4)nc23)c(=O)c1=O. The van der Waals surface area contributed by atoms with Crippen LogP contribution in [0.4, 0.5) is 0 Å². The molecule has 5 rings (SSSR count). The number of rotatable bonds is 6. The van der Waals surface area contributed by atoms with Gasteiger partial charge in [-0.05, 0) is 37.3 Å². The van der Waals surface area contributed by atoms with Crippen LogP contribution >= 0.6 is 0 Å². The summed E-state index contributed by atoms with van der Waals surface area (Å²) < 4.78 is 5.53. The van der Waals surface area contributed by atoms with E-state index >= 15 is 0 Å². The lowest BCUT2D eigenvalue weighted by Gasteiger charge is -2.10. The third kappa shape index (κ3) is 3.31. The molecule has 1 aliphatic rings. The second kappa shape index (κ2) is 7.00. The summed E-state index contributed by atoms with van der Waals surface area (Å²) in [5, 5.41) is 20.5. The molecule has 0 aliphatic heterocycles. The van der Waals surface area contributed by atoms with E-state index in [1.807, 2.05) is 16.7 Å². The van der Waals surface area contributed by atoms with Crippen molar-refractivity contribution >= 4 is 11.6 Å². The van der Waals surface area contributed by atoms with E-state index in [1.54, 1.807) is 13.1 Å². The molecule has 12 heteroatoms. The van der Waals surface area contributed by atoms with Crippen molar-refractivity contribution in [2.24, 2.45) is 0 Å². The summed E-state index contributed by atoms with van der Waals surface area (Å²) in [6, 6.07) is 1.88. The van der Waals surface area contributed by atoms with Crippen LogP contribution in [0.15, 0.2) is 40.6 Å². The number of pyridine rings is 1. The second-order valence-corrected chi connectivity index (χ2v) is 7.43. The molecule has 4 heterocycles. The van der Waals surface area contributed by atoms with Gasteiger partial charge < -0.3 is 9.51 Å². The quantitative estimate of drug-likeness (QED) is 0.437. The van der Waals surface area contributed by atoms with Crippen LogP contribution in [0.3, 0.4) is 0 Å². The summed E-state index contributed by atoms with van der Waals surface area (Å²) in [5.41, 5.74) is 1.04.